The van der Waals surface area contributed by atoms with Crippen LogP contribution in [0, 0.1) is 0 Å². The molecule has 1 aromatic heterocycles. The summed E-state index contributed by atoms with van der Waals surface area (Å²) in [5.74, 6) is 2.07. The molecule has 29 heavy (non-hydrogen) atoms. The lowest BCUT2D eigenvalue weighted by Gasteiger charge is -2.20. The molecule has 2 aliphatic heterocycles. The van der Waals surface area contributed by atoms with Gasteiger partial charge in [-0.3, -0.25) is 0 Å². The molecule has 2 aromatic carbocycles. The molecule has 4 heteroatoms. The number of unbranched alkanes of at least 4 members (excludes halogenated alkanes) is 1. The van der Waals surface area contributed by atoms with E-state index in [1.54, 1.807) is 0 Å². The summed E-state index contributed by atoms with van der Waals surface area (Å²) in [6.07, 6.45) is 6.80. The molecule has 2 aliphatic rings. The number of H-pyrrole nitrogens is 1. The van der Waals surface area contributed by atoms with Gasteiger partial charge in [-0.2, -0.15) is 0 Å². The average molecular weight is 391 g/mol. The highest BCUT2D eigenvalue weighted by Gasteiger charge is 2.22. The van der Waals surface area contributed by atoms with Crippen molar-refractivity contribution in [1.29, 1.82) is 0 Å². The van der Waals surface area contributed by atoms with Crippen LogP contribution in [-0.2, 0) is 19.3 Å². The minimum Gasteiger partial charge on any atom is -0.494 e. The highest BCUT2D eigenvalue weighted by molar-refractivity contribution is 5.90. The zero-order chi connectivity index (χ0) is 19.5. The van der Waals surface area contributed by atoms with Crippen molar-refractivity contribution in [1.82, 2.24) is 9.88 Å². The molecule has 0 saturated heterocycles. The van der Waals surface area contributed by atoms with Crippen LogP contribution in [0.2, 0.25) is 0 Å². The number of aryl methyl sites for hydroxylation is 1. The zero-order valence-corrected chi connectivity index (χ0v) is 17.1. The highest BCUT2D eigenvalue weighted by atomic mass is 16.5. The van der Waals surface area contributed by atoms with Gasteiger partial charge in [-0.1, -0.05) is 18.2 Å². The maximum absolute atomic E-state index is 5.92. The number of aromatic nitrogens is 1. The Kier molecular flexibility index (Phi) is 5.44. The molecular weight excluding hydrogens is 360 g/mol. The van der Waals surface area contributed by atoms with Crippen LogP contribution in [0.4, 0.5) is 0 Å². The monoisotopic (exact) mass is 390 g/mol. The number of hydrogen-bond donors (Lipinski definition) is 1. The predicted molar refractivity (Wildman–Crippen MR) is 117 cm³/mol. The van der Waals surface area contributed by atoms with E-state index in [2.05, 4.69) is 22.0 Å². The molecule has 0 spiro atoms. The van der Waals surface area contributed by atoms with E-state index in [4.69, 9.17) is 9.47 Å². The Morgan fingerprint density at radius 1 is 0.931 bits per heavy atom. The van der Waals surface area contributed by atoms with Gasteiger partial charge in [0.2, 0.25) is 0 Å². The SMILES string of the molecule is c1ccc(OCCCCN2CCc3[nH]c4ccc5c(c4c3CC2)CCCO5)cc1. The van der Waals surface area contributed by atoms with E-state index in [0.717, 1.165) is 76.5 Å². The maximum atomic E-state index is 5.92. The van der Waals surface area contributed by atoms with Gasteiger partial charge >= 0.3 is 0 Å². The standard InChI is InChI=1S/C25H30N2O2/c1-2-7-19(8-3-1)28-17-5-4-14-27-15-12-20-22(13-16-27)26-23-10-11-24-21(25(20)23)9-6-18-29-24/h1-3,7-8,10-11,26H,4-6,9,12-18H2. The second-order valence-electron chi connectivity index (χ2n) is 8.21. The van der Waals surface area contributed by atoms with Gasteiger partial charge in [0.15, 0.2) is 0 Å². The summed E-state index contributed by atoms with van der Waals surface area (Å²) < 4.78 is 11.7. The van der Waals surface area contributed by atoms with E-state index in [1.807, 2.05) is 30.3 Å². The number of nitrogens with zero attached hydrogens (tertiary/aromatic N) is 1. The van der Waals surface area contributed by atoms with Crippen molar-refractivity contribution in [3.8, 4) is 11.5 Å². The van der Waals surface area contributed by atoms with E-state index in [-0.39, 0.29) is 0 Å². The quantitative estimate of drug-likeness (QED) is 0.617. The Bertz CT molecular complexity index is 964. The molecule has 0 aliphatic carbocycles. The minimum absolute atomic E-state index is 0.799. The van der Waals surface area contributed by atoms with Crippen molar-refractivity contribution in [3.63, 3.8) is 0 Å². The third kappa shape index (κ3) is 3.99. The van der Waals surface area contributed by atoms with Crippen LogP contribution in [0.15, 0.2) is 42.5 Å². The zero-order valence-electron chi connectivity index (χ0n) is 17.1. The first kappa shape index (κ1) is 18.6. The Balaban J connectivity index is 1.18. The Morgan fingerprint density at radius 2 is 1.83 bits per heavy atom. The van der Waals surface area contributed by atoms with Crippen molar-refractivity contribution < 1.29 is 9.47 Å². The second kappa shape index (κ2) is 8.50. The number of nitrogens with one attached hydrogen (secondary N) is 1. The van der Waals surface area contributed by atoms with Gasteiger partial charge in [0, 0.05) is 41.7 Å². The third-order valence-corrected chi connectivity index (χ3v) is 6.29. The number of rotatable bonds is 6. The molecule has 152 valence electrons. The van der Waals surface area contributed by atoms with Crippen LogP contribution in [0.1, 0.15) is 36.1 Å². The second-order valence-corrected chi connectivity index (χ2v) is 8.21. The van der Waals surface area contributed by atoms with Crippen LogP contribution in [0.5, 0.6) is 11.5 Å². The first-order valence-electron chi connectivity index (χ1n) is 11.1. The Hall–Kier alpha value is -2.46. The average Bonchev–Trinajstić information content (AvgIpc) is 3.02. The van der Waals surface area contributed by atoms with Crippen LogP contribution in [0.25, 0.3) is 10.9 Å². The van der Waals surface area contributed by atoms with Crippen molar-refractivity contribution in [3.05, 3.63) is 59.3 Å². The molecule has 0 atom stereocenters. The maximum Gasteiger partial charge on any atom is 0.123 e. The van der Waals surface area contributed by atoms with Crippen molar-refractivity contribution in [2.24, 2.45) is 0 Å². The molecule has 1 N–H and O–H groups in total. The van der Waals surface area contributed by atoms with E-state index in [0.29, 0.717) is 0 Å². The first-order valence-corrected chi connectivity index (χ1v) is 11.1. The van der Waals surface area contributed by atoms with Crippen molar-refractivity contribution in [2.45, 2.75) is 38.5 Å². The molecule has 0 saturated carbocycles. The van der Waals surface area contributed by atoms with E-state index >= 15 is 0 Å². The summed E-state index contributed by atoms with van der Waals surface area (Å²) in [6, 6.07) is 14.5. The third-order valence-electron chi connectivity index (χ3n) is 6.29. The molecule has 0 unspecified atom stereocenters. The van der Waals surface area contributed by atoms with E-state index in [9.17, 15) is 0 Å². The molecule has 3 heterocycles. The van der Waals surface area contributed by atoms with Crippen molar-refractivity contribution >= 4 is 10.9 Å². The molecule has 0 fully saturated rings. The van der Waals surface area contributed by atoms with Gasteiger partial charge in [-0.25, -0.2) is 0 Å². The highest BCUT2D eigenvalue weighted by Crippen LogP contribution is 2.36. The van der Waals surface area contributed by atoms with Gasteiger partial charge < -0.3 is 19.4 Å². The largest absolute Gasteiger partial charge is 0.494 e. The topological polar surface area (TPSA) is 37.5 Å². The molecular formula is C25H30N2O2. The lowest BCUT2D eigenvalue weighted by molar-refractivity contribution is 0.257. The summed E-state index contributed by atoms with van der Waals surface area (Å²) >= 11 is 0. The van der Waals surface area contributed by atoms with Gasteiger partial charge in [-0.15, -0.1) is 0 Å². The van der Waals surface area contributed by atoms with Crippen molar-refractivity contribution in [2.75, 3.05) is 32.8 Å². The van der Waals surface area contributed by atoms with Crippen LogP contribution < -0.4 is 9.47 Å². The normalized spacial score (nSPS) is 16.7. The van der Waals surface area contributed by atoms with Crippen LogP contribution >= 0.6 is 0 Å². The number of fused-ring (bicyclic) bond motifs is 5. The van der Waals surface area contributed by atoms with E-state index in [1.165, 1.54) is 34.1 Å². The fourth-order valence-electron chi connectivity index (χ4n) is 4.79. The molecule has 4 nitrogen and oxygen atoms in total. The van der Waals surface area contributed by atoms with Gasteiger partial charge in [0.1, 0.15) is 11.5 Å². The van der Waals surface area contributed by atoms with Gasteiger partial charge in [0.25, 0.3) is 0 Å². The predicted octanol–water partition coefficient (Wildman–Crippen LogP) is 4.75. The molecule has 5 rings (SSSR count). The number of ether oxygens (including phenoxy) is 2. The lowest BCUT2D eigenvalue weighted by Crippen LogP contribution is -2.28. The number of hydrogen-bond acceptors (Lipinski definition) is 3. The fourth-order valence-corrected chi connectivity index (χ4v) is 4.79. The Labute approximate surface area is 172 Å². The number of benzene rings is 2. The summed E-state index contributed by atoms with van der Waals surface area (Å²) in [6.45, 7) is 5.09. The summed E-state index contributed by atoms with van der Waals surface area (Å²) in [4.78, 5) is 6.34. The first-order chi connectivity index (χ1) is 14.4. The number of para-hydroxylation sites is 1. The fraction of sp³-hybridized carbons (Fsp3) is 0.440. The van der Waals surface area contributed by atoms with Gasteiger partial charge in [-0.05, 0) is 68.5 Å². The molecule has 0 radical (unpaired) electrons. The summed E-state index contributed by atoms with van der Waals surface area (Å²) in [5.41, 5.74) is 5.70. The van der Waals surface area contributed by atoms with Crippen LogP contribution in [0.3, 0.4) is 0 Å². The molecule has 3 aromatic rings. The van der Waals surface area contributed by atoms with E-state index < -0.39 is 0 Å². The van der Waals surface area contributed by atoms with Gasteiger partial charge in [0.05, 0.1) is 13.2 Å². The Morgan fingerprint density at radius 3 is 2.76 bits per heavy atom. The molecule has 0 bridgehead atoms. The lowest BCUT2D eigenvalue weighted by atomic mass is 9.97. The molecule has 0 amide bonds. The summed E-state index contributed by atoms with van der Waals surface area (Å²) in [7, 11) is 0. The number of aromatic amines is 1. The van der Waals surface area contributed by atoms with Crippen LogP contribution in [-0.4, -0.2) is 42.7 Å². The smallest absolute Gasteiger partial charge is 0.123 e. The summed E-state index contributed by atoms with van der Waals surface area (Å²) in [5, 5.41) is 1.45. The minimum atomic E-state index is 0.799.